The molecule has 0 spiro atoms. The van der Waals surface area contributed by atoms with Crippen LogP contribution < -0.4 is 0 Å². The molecule has 0 radical (unpaired) electrons. The minimum absolute atomic E-state index is 0.0164. The average molecular weight is 430 g/mol. The Morgan fingerprint density at radius 2 is 1.89 bits per heavy atom. The number of aromatic nitrogens is 2. The molecule has 1 aliphatic rings. The topological polar surface area (TPSA) is 84.6 Å². The Hall–Kier alpha value is -2.14. The van der Waals surface area contributed by atoms with Gasteiger partial charge in [0.25, 0.3) is 0 Å². The van der Waals surface area contributed by atoms with Crippen LogP contribution in [0, 0.1) is 0 Å². The van der Waals surface area contributed by atoms with Crippen molar-refractivity contribution in [3.05, 3.63) is 41.5 Å². The monoisotopic (exact) mass is 430 g/mol. The van der Waals surface area contributed by atoms with Gasteiger partial charge in [-0.15, -0.1) is 10.7 Å². The quantitative estimate of drug-likeness (QED) is 0.741. The second-order valence-electron chi connectivity index (χ2n) is 6.24. The smallest absolute Gasteiger partial charge is 0.251 e. The van der Waals surface area contributed by atoms with Gasteiger partial charge in [-0.1, -0.05) is 6.92 Å². The first-order valence-corrected chi connectivity index (χ1v) is 11.8. The molecule has 0 atom stereocenters. The van der Waals surface area contributed by atoms with Crippen LogP contribution in [0.5, 0.6) is 0 Å². The van der Waals surface area contributed by atoms with Crippen LogP contribution in [0.15, 0.2) is 38.8 Å². The number of aliphatic imine (C=N–C) groups is 1. The SMILES string of the molecule is CCS(=O)(=O)c1cc(N=S(C)C)cnc1C1=Nc2cc(C(F)(F)F)ncc2C1. The van der Waals surface area contributed by atoms with E-state index >= 15 is 0 Å². The van der Waals surface area contributed by atoms with E-state index < -0.39 is 21.7 Å². The molecule has 3 heterocycles. The second kappa shape index (κ2) is 7.36. The van der Waals surface area contributed by atoms with Gasteiger partial charge in [-0.2, -0.15) is 13.2 Å². The summed E-state index contributed by atoms with van der Waals surface area (Å²) in [6.07, 6.45) is 1.90. The van der Waals surface area contributed by atoms with Crippen molar-refractivity contribution >= 4 is 37.6 Å². The molecular weight excluding hydrogens is 413 g/mol. The van der Waals surface area contributed by atoms with Crippen molar-refractivity contribution in [1.82, 2.24) is 9.97 Å². The Balaban J connectivity index is 2.12. The highest BCUT2D eigenvalue weighted by Gasteiger charge is 2.34. The van der Waals surface area contributed by atoms with Crippen LogP contribution in [0.2, 0.25) is 0 Å². The normalized spacial score (nSPS) is 14.2. The van der Waals surface area contributed by atoms with Gasteiger partial charge < -0.3 is 0 Å². The maximum Gasteiger partial charge on any atom is 0.433 e. The first-order chi connectivity index (χ1) is 13.0. The fourth-order valence-electron chi connectivity index (χ4n) is 2.67. The number of pyridine rings is 2. The minimum Gasteiger partial charge on any atom is -0.251 e. The molecule has 0 amide bonds. The Morgan fingerprint density at radius 1 is 1.18 bits per heavy atom. The molecule has 6 nitrogen and oxygen atoms in total. The van der Waals surface area contributed by atoms with Gasteiger partial charge >= 0.3 is 6.18 Å². The number of sulfone groups is 1. The van der Waals surface area contributed by atoms with E-state index in [2.05, 4.69) is 19.3 Å². The van der Waals surface area contributed by atoms with Crippen LogP contribution in [0.4, 0.5) is 24.5 Å². The molecular formula is C17H17F3N4O2S2. The minimum atomic E-state index is -4.58. The third-order valence-electron chi connectivity index (χ3n) is 3.98. The van der Waals surface area contributed by atoms with Crippen LogP contribution in [0.25, 0.3) is 0 Å². The third-order valence-corrected chi connectivity index (χ3v) is 6.30. The first kappa shape index (κ1) is 20.6. The van der Waals surface area contributed by atoms with E-state index in [1.807, 2.05) is 12.5 Å². The molecule has 0 bridgehead atoms. The van der Waals surface area contributed by atoms with Gasteiger partial charge in [0.2, 0.25) is 0 Å². The van der Waals surface area contributed by atoms with Crippen LogP contribution in [0.1, 0.15) is 23.9 Å². The fraction of sp³-hybridized carbons (Fsp3) is 0.353. The van der Waals surface area contributed by atoms with Crippen molar-refractivity contribution in [2.45, 2.75) is 24.4 Å². The van der Waals surface area contributed by atoms with Crippen LogP contribution in [-0.4, -0.2) is 42.4 Å². The Kier molecular flexibility index (Phi) is 5.41. The molecule has 0 aromatic carbocycles. The van der Waals surface area contributed by atoms with Gasteiger partial charge in [-0.3, -0.25) is 15.0 Å². The number of halogens is 3. The highest BCUT2D eigenvalue weighted by Crippen LogP contribution is 2.35. The standard InChI is InChI=1S/C17H17F3N4O2S2/c1-4-28(25,26)14-6-11(24-27(2)3)9-22-16(14)13-5-10-8-21-15(17(18,19)20)7-12(10)23-13/h6-9H,4-5H2,1-3H3. The van der Waals surface area contributed by atoms with Crippen LogP contribution in [0.3, 0.4) is 0 Å². The molecule has 28 heavy (non-hydrogen) atoms. The van der Waals surface area contributed by atoms with E-state index in [1.165, 1.54) is 19.2 Å². The van der Waals surface area contributed by atoms with E-state index in [-0.39, 0.29) is 39.1 Å². The van der Waals surface area contributed by atoms with Gasteiger partial charge in [0, 0.05) is 18.2 Å². The molecule has 0 fully saturated rings. The molecule has 0 N–H and O–H groups in total. The molecule has 150 valence electrons. The lowest BCUT2D eigenvalue weighted by Gasteiger charge is -2.09. The van der Waals surface area contributed by atoms with E-state index in [1.54, 1.807) is 0 Å². The van der Waals surface area contributed by atoms with Crippen LogP contribution >= 0.6 is 0 Å². The predicted octanol–water partition coefficient (Wildman–Crippen LogP) is 3.66. The second-order valence-corrected chi connectivity index (χ2v) is 10.2. The summed E-state index contributed by atoms with van der Waals surface area (Å²) in [7, 11) is -3.95. The number of rotatable bonds is 4. The van der Waals surface area contributed by atoms with Gasteiger partial charge in [0.1, 0.15) is 11.4 Å². The number of fused-ring (bicyclic) bond motifs is 1. The Bertz CT molecular complexity index is 1110. The Morgan fingerprint density at radius 3 is 2.50 bits per heavy atom. The summed E-state index contributed by atoms with van der Waals surface area (Å²) in [6.45, 7) is 1.51. The van der Waals surface area contributed by atoms with Crippen molar-refractivity contribution in [3.8, 4) is 0 Å². The molecule has 1 aliphatic heterocycles. The fourth-order valence-corrected chi connectivity index (χ4v) is 4.27. The number of nitrogens with zero attached hydrogens (tertiary/aromatic N) is 4. The van der Waals surface area contributed by atoms with E-state index in [0.717, 1.165) is 12.3 Å². The van der Waals surface area contributed by atoms with Crippen molar-refractivity contribution in [1.29, 1.82) is 0 Å². The number of alkyl halides is 3. The van der Waals surface area contributed by atoms with Crippen molar-refractivity contribution in [2.24, 2.45) is 9.36 Å². The highest BCUT2D eigenvalue weighted by atomic mass is 32.2. The molecule has 0 saturated heterocycles. The molecule has 11 heteroatoms. The molecule has 3 rings (SSSR count). The summed E-state index contributed by atoms with van der Waals surface area (Å²) in [5.41, 5.74) is 0.428. The van der Waals surface area contributed by atoms with Gasteiger partial charge in [0.05, 0.1) is 33.9 Å². The zero-order valence-corrected chi connectivity index (χ0v) is 16.9. The highest BCUT2D eigenvalue weighted by molar-refractivity contribution is 7.91. The number of hydrogen-bond acceptors (Lipinski definition) is 6. The maximum absolute atomic E-state index is 12.9. The van der Waals surface area contributed by atoms with Crippen molar-refractivity contribution in [3.63, 3.8) is 0 Å². The van der Waals surface area contributed by atoms with E-state index in [4.69, 9.17) is 0 Å². The van der Waals surface area contributed by atoms with E-state index in [0.29, 0.717) is 17.0 Å². The zero-order valence-electron chi connectivity index (χ0n) is 15.3. The summed E-state index contributed by atoms with van der Waals surface area (Å²) in [5.74, 6) is -0.144. The summed E-state index contributed by atoms with van der Waals surface area (Å²) in [6, 6.07) is 2.30. The molecule has 0 unspecified atom stereocenters. The average Bonchev–Trinajstić information content (AvgIpc) is 3.03. The summed E-state index contributed by atoms with van der Waals surface area (Å²) < 4.78 is 68.1. The third kappa shape index (κ3) is 4.14. The Labute approximate surface area is 163 Å². The van der Waals surface area contributed by atoms with Gasteiger partial charge in [-0.25, -0.2) is 12.8 Å². The lowest BCUT2D eigenvalue weighted by molar-refractivity contribution is -0.141. The first-order valence-electron chi connectivity index (χ1n) is 8.17. The largest absolute Gasteiger partial charge is 0.433 e. The predicted molar refractivity (Wildman–Crippen MR) is 102 cm³/mol. The van der Waals surface area contributed by atoms with Gasteiger partial charge in [0.15, 0.2) is 9.84 Å². The molecule has 0 aliphatic carbocycles. The molecule has 2 aromatic rings. The molecule has 0 saturated carbocycles. The van der Waals surface area contributed by atoms with E-state index in [9.17, 15) is 21.6 Å². The zero-order chi connectivity index (χ0) is 20.7. The van der Waals surface area contributed by atoms with Crippen molar-refractivity contribution in [2.75, 3.05) is 18.3 Å². The summed E-state index contributed by atoms with van der Waals surface area (Å²) in [4.78, 5) is 11.9. The maximum atomic E-state index is 12.9. The van der Waals surface area contributed by atoms with Crippen molar-refractivity contribution < 1.29 is 21.6 Å². The number of hydrogen-bond donors (Lipinski definition) is 0. The lowest BCUT2D eigenvalue weighted by Crippen LogP contribution is -2.14. The summed E-state index contributed by atoms with van der Waals surface area (Å²) >= 11 is 0. The molecule has 2 aromatic heterocycles. The lowest BCUT2D eigenvalue weighted by atomic mass is 10.1. The van der Waals surface area contributed by atoms with Gasteiger partial charge in [-0.05, 0) is 24.6 Å². The van der Waals surface area contributed by atoms with Crippen LogP contribution in [-0.2, 0) is 33.1 Å². The summed E-state index contributed by atoms with van der Waals surface area (Å²) in [5, 5.41) is 0.